The molecule has 3 fully saturated rings. The Morgan fingerprint density at radius 2 is 1.68 bits per heavy atom. The van der Waals surface area contributed by atoms with Crippen LogP contribution in [0.5, 0.6) is 0 Å². The topological polar surface area (TPSA) is 18.5 Å². The van der Waals surface area contributed by atoms with Gasteiger partial charge in [-0.2, -0.15) is 0 Å². The molecule has 6 unspecified atom stereocenters. The Bertz CT molecular complexity index is 891. The SMILES string of the molecule is C[C@@H](CCCC(C)(C)O[Si](C)(C)C)C1CCC2C3CCC4=CC(O[Si](C)(C)C)=CCC4(C)C3CCC21C. The summed E-state index contributed by atoms with van der Waals surface area (Å²) in [4.78, 5) is 0. The highest BCUT2D eigenvalue weighted by Crippen LogP contribution is 2.67. The van der Waals surface area contributed by atoms with Gasteiger partial charge in [-0.15, -0.1) is 0 Å². The first-order valence-electron chi connectivity index (χ1n) is 15.7. The van der Waals surface area contributed by atoms with Crippen molar-refractivity contribution in [2.24, 2.45) is 40.4 Å². The first-order chi connectivity index (χ1) is 16.9. The van der Waals surface area contributed by atoms with Gasteiger partial charge in [0.2, 0.25) is 8.32 Å². The number of hydrogen-bond acceptors (Lipinski definition) is 2. The second-order valence-electron chi connectivity index (χ2n) is 16.6. The largest absolute Gasteiger partial charge is 0.545 e. The number of fused-ring (bicyclic) bond motifs is 5. The summed E-state index contributed by atoms with van der Waals surface area (Å²) < 4.78 is 12.9. The summed E-state index contributed by atoms with van der Waals surface area (Å²) >= 11 is 0. The molecule has 2 nitrogen and oxygen atoms in total. The van der Waals surface area contributed by atoms with Gasteiger partial charge in [-0.1, -0.05) is 39.2 Å². The van der Waals surface area contributed by atoms with E-state index in [1.807, 2.05) is 0 Å². The maximum absolute atomic E-state index is 6.50. The standard InChI is InChI=1S/C33H60O2Si2/c1-24(13-12-20-31(2,3)35-37(9,10)11)28-16-17-29-27-15-14-25-23-26(34-36(6,7)8)18-21-32(25,4)30(27)19-22-33(28,29)5/h18,23-24,27-30H,12-17,19-22H2,1-11H3/t24-,27?,28?,29?,30?,32?,33?/m0/s1. The fourth-order valence-corrected chi connectivity index (χ4v) is 12.3. The van der Waals surface area contributed by atoms with Crippen LogP contribution in [-0.2, 0) is 8.85 Å². The molecule has 4 aliphatic carbocycles. The van der Waals surface area contributed by atoms with Gasteiger partial charge < -0.3 is 8.85 Å². The average Bonchev–Trinajstić information content (AvgIpc) is 3.08. The molecular formula is C33H60O2Si2. The molecule has 0 N–H and O–H groups in total. The molecule has 0 aliphatic heterocycles. The predicted octanol–water partition coefficient (Wildman–Crippen LogP) is 10.3. The van der Waals surface area contributed by atoms with Gasteiger partial charge >= 0.3 is 0 Å². The van der Waals surface area contributed by atoms with Crippen molar-refractivity contribution < 1.29 is 8.85 Å². The van der Waals surface area contributed by atoms with E-state index in [0.29, 0.717) is 10.8 Å². The van der Waals surface area contributed by atoms with E-state index in [1.165, 1.54) is 70.0 Å². The molecule has 0 aromatic carbocycles. The Morgan fingerprint density at radius 1 is 0.973 bits per heavy atom. The average molecular weight is 545 g/mol. The molecule has 0 amide bonds. The lowest BCUT2D eigenvalue weighted by atomic mass is 9.47. The van der Waals surface area contributed by atoms with Crippen molar-refractivity contribution in [3.05, 3.63) is 23.5 Å². The zero-order valence-corrected chi connectivity index (χ0v) is 28.4. The summed E-state index contributed by atoms with van der Waals surface area (Å²) in [5, 5.41) is 0. The minimum Gasteiger partial charge on any atom is -0.545 e. The molecule has 4 aliphatic rings. The lowest BCUT2D eigenvalue weighted by Gasteiger charge is -2.58. The third-order valence-electron chi connectivity index (χ3n) is 11.0. The van der Waals surface area contributed by atoms with E-state index in [4.69, 9.17) is 8.85 Å². The monoisotopic (exact) mass is 544 g/mol. The molecule has 7 atom stereocenters. The second-order valence-corrected chi connectivity index (χ2v) is 25.5. The minimum atomic E-state index is -1.56. The molecule has 0 spiro atoms. The molecule has 0 aromatic heterocycles. The highest BCUT2D eigenvalue weighted by molar-refractivity contribution is 6.70. The number of hydrogen-bond donors (Lipinski definition) is 0. The minimum absolute atomic E-state index is 0.0293. The Kier molecular flexibility index (Phi) is 8.22. The maximum Gasteiger partial charge on any atom is 0.242 e. The van der Waals surface area contributed by atoms with Crippen molar-refractivity contribution in [1.82, 2.24) is 0 Å². The first-order valence-corrected chi connectivity index (χ1v) is 22.6. The van der Waals surface area contributed by atoms with Crippen LogP contribution < -0.4 is 0 Å². The van der Waals surface area contributed by atoms with Crippen molar-refractivity contribution in [2.75, 3.05) is 0 Å². The molecular weight excluding hydrogens is 485 g/mol. The lowest BCUT2D eigenvalue weighted by molar-refractivity contribution is -0.0553. The van der Waals surface area contributed by atoms with E-state index in [-0.39, 0.29) is 5.60 Å². The van der Waals surface area contributed by atoms with Gasteiger partial charge in [-0.25, -0.2) is 0 Å². The van der Waals surface area contributed by atoms with Crippen LogP contribution in [0.3, 0.4) is 0 Å². The van der Waals surface area contributed by atoms with Crippen LogP contribution in [0.15, 0.2) is 23.5 Å². The van der Waals surface area contributed by atoms with Crippen LogP contribution in [0, 0.1) is 40.4 Å². The molecule has 4 rings (SSSR count). The summed E-state index contributed by atoms with van der Waals surface area (Å²) in [5.74, 6) is 5.65. The van der Waals surface area contributed by atoms with E-state index in [1.54, 1.807) is 5.57 Å². The van der Waals surface area contributed by atoms with Crippen molar-refractivity contribution in [3.8, 4) is 0 Å². The van der Waals surface area contributed by atoms with Gasteiger partial charge in [0.1, 0.15) is 0 Å². The summed E-state index contributed by atoms with van der Waals surface area (Å²) in [6.07, 6.45) is 18.5. The smallest absolute Gasteiger partial charge is 0.242 e. The third kappa shape index (κ3) is 6.37. The molecule has 212 valence electrons. The van der Waals surface area contributed by atoms with Crippen LogP contribution in [0.1, 0.15) is 98.8 Å². The molecule has 37 heavy (non-hydrogen) atoms. The van der Waals surface area contributed by atoms with Crippen molar-refractivity contribution in [1.29, 1.82) is 0 Å². The highest BCUT2D eigenvalue weighted by Gasteiger charge is 2.59. The molecule has 0 bridgehead atoms. The molecule has 3 saturated carbocycles. The van der Waals surface area contributed by atoms with Gasteiger partial charge in [0.15, 0.2) is 8.32 Å². The van der Waals surface area contributed by atoms with Crippen LogP contribution in [-0.4, -0.2) is 22.2 Å². The second kappa shape index (κ2) is 10.3. The zero-order valence-electron chi connectivity index (χ0n) is 26.4. The summed E-state index contributed by atoms with van der Waals surface area (Å²) in [7, 11) is -3.05. The van der Waals surface area contributed by atoms with Gasteiger partial charge in [-0.05, 0) is 157 Å². The summed E-state index contributed by atoms with van der Waals surface area (Å²) in [5.41, 5.74) is 2.65. The van der Waals surface area contributed by atoms with Gasteiger partial charge in [0.05, 0.1) is 11.4 Å². The van der Waals surface area contributed by atoms with E-state index >= 15 is 0 Å². The normalized spacial score (nSPS) is 37.2. The fourth-order valence-electron chi connectivity index (χ4n) is 9.72. The van der Waals surface area contributed by atoms with Crippen molar-refractivity contribution >= 4 is 16.6 Å². The first kappa shape index (κ1) is 29.7. The van der Waals surface area contributed by atoms with Crippen molar-refractivity contribution in [2.45, 2.75) is 144 Å². The maximum atomic E-state index is 6.50. The van der Waals surface area contributed by atoms with Crippen LogP contribution in [0.2, 0.25) is 39.3 Å². The Balaban J connectivity index is 1.39. The molecule has 4 heteroatoms. The lowest BCUT2D eigenvalue weighted by Crippen LogP contribution is -2.50. The van der Waals surface area contributed by atoms with E-state index in [9.17, 15) is 0 Å². The van der Waals surface area contributed by atoms with E-state index in [2.05, 4.69) is 86.1 Å². The van der Waals surface area contributed by atoms with Crippen molar-refractivity contribution in [3.63, 3.8) is 0 Å². The Labute approximate surface area is 232 Å². The Morgan fingerprint density at radius 3 is 2.32 bits per heavy atom. The quantitative estimate of drug-likeness (QED) is 0.269. The third-order valence-corrected chi connectivity index (χ3v) is 13.0. The van der Waals surface area contributed by atoms with E-state index in [0.717, 1.165) is 29.6 Å². The summed E-state index contributed by atoms with van der Waals surface area (Å²) in [6, 6.07) is 0. The Hall–Kier alpha value is -0.326. The summed E-state index contributed by atoms with van der Waals surface area (Å²) in [6.45, 7) is 26.4. The van der Waals surface area contributed by atoms with Gasteiger partial charge in [-0.3, -0.25) is 0 Å². The molecule has 0 aromatic rings. The molecule has 0 radical (unpaired) electrons. The van der Waals surface area contributed by atoms with Gasteiger partial charge in [0, 0.05) is 0 Å². The van der Waals surface area contributed by atoms with E-state index < -0.39 is 16.6 Å². The van der Waals surface area contributed by atoms with Gasteiger partial charge in [0.25, 0.3) is 0 Å². The molecule has 0 saturated heterocycles. The highest BCUT2D eigenvalue weighted by atomic mass is 28.4. The predicted molar refractivity (Wildman–Crippen MR) is 165 cm³/mol. The number of allylic oxidation sites excluding steroid dienone is 3. The zero-order chi connectivity index (χ0) is 27.4. The number of rotatable bonds is 9. The van der Waals surface area contributed by atoms with Crippen LogP contribution >= 0.6 is 0 Å². The fraction of sp³-hybridized carbons (Fsp3) is 0.879. The molecule has 0 heterocycles. The van der Waals surface area contributed by atoms with Crippen LogP contribution in [0.4, 0.5) is 0 Å². The van der Waals surface area contributed by atoms with Crippen LogP contribution in [0.25, 0.3) is 0 Å².